The number of carbonyl (C=O) groups is 1. The number of hydrogen-bond donors (Lipinski definition) is 1. The maximum atomic E-state index is 12.2. The standard InChI is InChI=1S/C19H22ClNO4/c1-3-18(25-17-9-4-6-14(20)12-17)19(22)21-10-11-24-16-8-5-7-15(13-16)23-2/h4-9,12-13,18H,3,10-11H2,1-2H3,(H,21,22)/t18-/m1/s1. The second-order valence-electron chi connectivity index (χ2n) is 5.29. The summed E-state index contributed by atoms with van der Waals surface area (Å²) in [5.41, 5.74) is 0. The van der Waals surface area contributed by atoms with E-state index in [0.29, 0.717) is 36.1 Å². The smallest absolute Gasteiger partial charge is 0.261 e. The van der Waals surface area contributed by atoms with Crippen LogP contribution in [0.5, 0.6) is 17.2 Å². The number of halogens is 1. The van der Waals surface area contributed by atoms with E-state index in [1.165, 1.54) is 0 Å². The van der Waals surface area contributed by atoms with Crippen molar-refractivity contribution in [3.8, 4) is 17.2 Å². The topological polar surface area (TPSA) is 56.8 Å². The Balaban J connectivity index is 1.77. The Labute approximate surface area is 152 Å². The van der Waals surface area contributed by atoms with E-state index in [4.69, 9.17) is 25.8 Å². The van der Waals surface area contributed by atoms with E-state index in [0.717, 1.165) is 5.75 Å². The number of nitrogens with one attached hydrogen (secondary N) is 1. The van der Waals surface area contributed by atoms with Crippen LogP contribution in [0, 0.1) is 0 Å². The van der Waals surface area contributed by atoms with Crippen LogP contribution in [0.4, 0.5) is 0 Å². The first-order valence-corrected chi connectivity index (χ1v) is 8.47. The van der Waals surface area contributed by atoms with Crippen LogP contribution in [0.3, 0.4) is 0 Å². The van der Waals surface area contributed by atoms with Gasteiger partial charge in [-0.3, -0.25) is 4.79 Å². The second kappa shape index (κ2) is 9.79. The van der Waals surface area contributed by atoms with Gasteiger partial charge < -0.3 is 19.5 Å². The molecule has 0 fully saturated rings. The van der Waals surface area contributed by atoms with E-state index < -0.39 is 6.10 Å². The van der Waals surface area contributed by atoms with Crippen molar-refractivity contribution in [2.45, 2.75) is 19.4 Å². The Morgan fingerprint density at radius 3 is 2.56 bits per heavy atom. The summed E-state index contributed by atoms with van der Waals surface area (Å²) in [7, 11) is 1.60. The third-order valence-corrected chi connectivity index (χ3v) is 3.68. The molecule has 1 atom stereocenters. The zero-order valence-electron chi connectivity index (χ0n) is 14.3. The van der Waals surface area contributed by atoms with Crippen LogP contribution in [0.1, 0.15) is 13.3 Å². The van der Waals surface area contributed by atoms with Gasteiger partial charge in [0.05, 0.1) is 13.7 Å². The van der Waals surface area contributed by atoms with E-state index in [9.17, 15) is 4.79 Å². The van der Waals surface area contributed by atoms with E-state index >= 15 is 0 Å². The summed E-state index contributed by atoms with van der Waals surface area (Å²) in [6.07, 6.45) is -0.0231. The summed E-state index contributed by atoms with van der Waals surface area (Å²) in [6.45, 7) is 2.62. The van der Waals surface area contributed by atoms with Crippen LogP contribution < -0.4 is 19.5 Å². The molecule has 2 aromatic rings. The zero-order valence-corrected chi connectivity index (χ0v) is 15.1. The molecule has 0 aromatic heterocycles. The first-order valence-electron chi connectivity index (χ1n) is 8.09. The lowest BCUT2D eigenvalue weighted by Crippen LogP contribution is -2.39. The van der Waals surface area contributed by atoms with Crippen molar-refractivity contribution in [1.29, 1.82) is 0 Å². The van der Waals surface area contributed by atoms with Gasteiger partial charge in [-0.2, -0.15) is 0 Å². The highest BCUT2D eigenvalue weighted by atomic mass is 35.5. The van der Waals surface area contributed by atoms with Gasteiger partial charge in [-0.25, -0.2) is 0 Å². The molecule has 0 aliphatic heterocycles. The Hall–Kier alpha value is -2.40. The number of carbonyl (C=O) groups excluding carboxylic acids is 1. The average Bonchev–Trinajstić information content (AvgIpc) is 2.63. The molecular formula is C19H22ClNO4. The van der Waals surface area contributed by atoms with Crippen LogP contribution in [0.2, 0.25) is 5.02 Å². The van der Waals surface area contributed by atoms with Crippen LogP contribution in [0.15, 0.2) is 48.5 Å². The van der Waals surface area contributed by atoms with Gasteiger partial charge >= 0.3 is 0 Å². The summed E-state index contributed by atoms with van der Waals surface area (Å²) in [6, 6.07) is 14.3. The fraction of sp³-hybridized carbons (Fsp3) is 0.316. The van der Waals surface area contributed by atoms with E-state index in [-0.39, 0.29) is 5.91 Å². The van der Waals surface area contributed by atoms with Crippen molar-refractivity contribution in [3.63, 3.8) is 0 Å². The lowest BCUT2D eigenvalue weighted by atomic mass is 10.2. The van der Waals surface area contributed by atoms with Gasteiger partial charge in [-0.15, -0.1) is 0 Å². The second-order valence-corrected chi connectivity index (χ2v) is 5.73. The van der Waals surface area contributed by atoms with Crippen molar-refractivity contribution in [3.05, 3.63) is 53.6 Å². The lowest BCUT2D eigenvalue weighted by molar-refractivity contribution is -0.128. The third-order valence-electron chi connectivity index (χ3n) is 3.45. The highest BCUT2D eigenvalue weighted by molar-refractivity contribution is 6.30. The number of amides is 1. The van der Waals surface area contributed by atoms with Gasteiger partial charge in [-0.1, -0.05) is 30.7 Å². The molecule has 5 nitrogen and oxygen atoms in total. The van der Waals surface area contributed by atoms with E-state index in [1.807, 2.05) is 25.1 Å². The maximum absolute atomic E-state index is 12.2. The molecule has 0 unspecified atom stereocenters. The summed E-state index contributed by atoms with van der Waals surface area (Å²) < 4.78 is 16.4. The molecule has 0 spiro atoms. The highest BCUT2D eigenvalue weighted by Crippen LogP contribution is 2.20. The molecule has 0 bridgehead atoms. The van der Waals surface area contributed by atoms with Gasteiger partial charge in [0.15, 0.2) is 6.10 Å². The average molecular weight is 364 g/mol. The van der Waals surface area contributed by atoms with Crippen molar-refractivity contribution in [1.82, 2.24) is 5.32 Å². The summed E-state index contributed by atoms with van der Waals surface area (Å²) in [4.78, 5) is 12.2. The van der Waals surface area contributed by atoms with E-state index in [1.54, 1.807) is 37.4 Å². The predicted octanol–water partition coefficient (Wildman–Crippen LogP) is 3.70. The Morgan fingerprint density at radius 1 is 1.12 bits per heavy atom. The molecule has 6 heteroatoms. The SMILES string of the molecule is CC[C@@H](Oc1cccc(Cl)c1)C(=O)NCCOc1cccc(OC)c1. The molecule has 0 radical (unpaired) electrons. The molecule has 25 heavy (non-hydrogen) atoms. The molecular weight excluding hydrogens is 342 g/mol. The van der Waals surface area contributed by atoms with Crippen LogP contribution in [0.25, 0.3) is 0 Å². The van der Waals surface area contributed by atoms with Gasteiger partial charge in [-0.05, 0) is 36.8 Å². The molecule has 0 heterocycles. The fourth-order valence-electron chi connectivity index (χ4n) is 2.17. The highest BCUT2D eigenvalue weighted by Gasteiger charge is 2.18. The minimum absolute atomic E-state index is 0.184. The largest absolute Gasteiger partial charge is 0.497 e. The molecule has 2 aromatic carbocycles. The number of hydrogen-bond acceptors (Lipinski definition) is 4. The quantitative estimate of drug-likeness (QED) is 0.690. The van der Waals surface area contributed by atoms with Crippen molar-refractivity contribution < 1.29 is 19.0 Å². The molecule has 0 aliphatic carbocycles. The monoisotopic (exact) mass is 363 g/mol. The van der Waals surface area contributed by atoms with Gasteiger partial charge in [0, 0.05) is 11.1 Å². The van der Waals surface area contributed by atoms with Gasteiger partial charge in [0.25, 0.3) is 5.91 Å². The van der Waals surface area contributed by atoms with Crippen molar-refractivity contribution in [2.75, 3.05) is 20.3 Å². The van der Waals surface area contributed by atoms with Crippen LogP contribution in [-0.4, -0.2) is 32.3 Å². The first-order chi connectivity index (χ1) is 12.1. The van der Waals surface area contributed by atoms with Crippen molar-refractivity contribution in [2.24, 2.45) is 0 Å². The molecule has 0 saturated carbocycles. The minimum Gasteiger partial charge on any atom is -0.497 e. The number of ether oxygens (including phenoxy) is 3. The Morgan fingerprint density at radius 2 is 1.84 bits per heavy atom. The van der Waals surface area contributed by atoms with Gasteiger partial charge in [0.2, 0.25) is 0 Å². The Bertz CT molecular complexity index is 693. The molecule has 0 saturated heterocycles. The number of methoxy groups -OCH3 is 1. The Kier molecular flexibility index (Phi) is 7.41. The number of benzene rings is 2. The predicted molar refractivity (Wildman–Crippen MR) is 97.7 cm³/mol. The van der Waals surface area contributed by atoms with E-state index in [2.05, 4.69) is 5.32 Å². The summed E-state index contributed by atoms with van der Waals surface area (Å²) >= 11 is 5.93. The summed E-state index contributed by atoms with van der Waals surface area (Å²) in [5.74, 6) is 1.80. The van der Waals surface area contributed by atoms with Gasteiger partial charge in [0.1, 0.15) is 23.9 Å². The normalized spacial score (nSPS) is 11.5. The number of rotatable bonds is 9. The maximum Gasteiger partial charge on any atom is 0.261 e. The molecule has 1 amide bonds. The van der Waals surface area contributed by atoms with Crippen LogP contribution >= 0.6 is 11.6 Å². The zero-order chi connectivity index (χ0) is 18.1. The molecule has 2 rings (SSSR count). The molecule has 1 N–H and O–H groups in total. The fourth-order valence-corrected chi connectivity index (χ4v) is 2.36. The van der Waals surface area contributed by atoms with Crippen LogP contribution in [-0.2, 0) is 4.79 Å². The lowest BCUT2D eigenvalue weighted by Gasteiger charge is -2.17. The first kappa shape index (κ1) is 18.9. The minimum atomic E-state index is -0.574. The third kappa shape index (κ3) is 6.19. The molecule has 0 aliphatic rings. The molecule has 134 valence electrons. The van der Waals surface area contributed by atoms with Crippen molar-refractivity contribution >= 4 is 17.5 Å². The summed E-state index contributed by atoms with van der Waals surface area (Å²) in [5, 5.41) is 3.38.